The molecule has 0 fully saturated rings. The molecular weight excluding hydrogens is 448 g/mol. The van der Waals surface area contributed by atoms with Gasteiger partial charge in [-0.1, -0.05) is 25.1 Å². The molecule has 0 spiro atoms. The number of non-ortho nitro benzene ring substituents is 1. The maximum atomic E-state index is 10.8. The lowest BCUT2D eigenvalue weighted by Crippen LogP contribution is -2.04. The van der Waals surface area contributed by atoms with E-state index >= 15 is 0 Å². The van der Waals surface area contributed by atoms with Crippen molar-refractivity contribution in [3.63, 3.8) is 0 Å². The lowest BCUT2D eigenvalue weighted by atomic mass is 10.1. The molecule has 1 N–H and O–H groups in total. The van der Waals surface area contributed by atoms with Gasteiger partial charge in [0.25, 0.3) is 5.69 Å². The van der Waals surface area contributed by atoms with E-state index in [-0.39, 0.29) is 12.3 Å². The molecule has 0 heterocycles. The van der Waals surface area contributed by atoms with Crippen molar-refractivity contribution in [1.29, 1.82) is 0 Å². The van der Waals surface area contributed by atoms with E-state index in [1.54, 1.807) is 19.2 Å². The topological polar surface area (TPSA) is 73.6 Å². The molecule has 0 atom stereocenters. The van der Waals surface area contributed by atoms with Crippen LogP contribution in [-0.4, -0.2) is 12.0 Å². The van der Waals surface area contributed by atoms with E-state index in [2.05, 4.69) is 40.3 Å². The number of hydrogen-bond donors (Lipinski definition) is 1. The van der Waals surface area contributed by atoms with Gasteiger partial charge in [-0.15, -0.1) is 0 Å². The van der Waals surface area contributed by atoms with Crippen molar-refractivity contribution in [3.05, 3.63) is 91.9 Å². The second kappa shape index (κ2) is 10.1. The Morgan fingerprint density at radius 3 is 2.47 bits per heavy atom. The first-order chi connectivity index (χ1) is 14.5. The fourth-order valence-corrected chi connectivity index (χ4v) is 3.69. The maximum Gasteiger partial charge on any atom is 0.269 e. The summed E-state index contributed by atoms with van der Waals surface area (Å²) in [5.41, 5.74) is 4.32. The van der Waals surface area contributed by atoms with E-state index in [0.717, 1.165) is 27.7 Å². The van der Waals surface area contributed by atoms with Crippen LogP contribution in [0.15, 0.2) is 65.1 Å². The number of anilines is 1. The molecule has 0 aliphatic rings. The third kappa shape index (κ3) is 5.30. The Balaban J connectivity index is 1.71. The Morgan fingerprint density at radius 1 is 1.07 bits per heavy atom. The summed E-state index contributed by atoms with van der Waals surface area (Å²) in [7, 11) is 1.60. The van der Waals surface area contributed by atoms with Gasteiger partial charge in [-0.25, -0.2) is 0 Å². The van der Waals surface area contributed by atoms with Crippen LogP contribution in [-0.2, 0) is 19.6 Å². The van der Waals surface area contributed by atoms with Crippen LogP contribution < -0.4 is 14.8 Å². The number of halogens is 1. The van der Waals surface area contributed by atoms with Gasteiger partial charge in [0, 0.05) is 24.4 Å². The zero-order chi connectivity index (χ0) is 21.5. The third-order valence-corrected chi connectivity index (χ3v) is 5.29. The van der Waals surface area contributed by atoms with Gasteiger partial charge in [-0.3, -0.25) is 10.1 Å². The molecule has 0 aromatic heterocycles. The molecule has 0 unspecified atom stereocenters. The highest BCUT2D eigenvalue weighted by Gasteiger charge is 2.13. The summed E-state index contributed by atoms with van der Waals surface area (Å²) in [6.45, 7) is 3.06. The normalized spacial score (nSPS) is 10.5. The van der Waals surface area contributed by atoms with Gasteiger partial charge in [0.2, 0.25) is 0 Å². The highest BCUT2D eigenvalue weighted by Crippen LogP contribution is 2.37. The number of nitrogens with zero attached hydrogens (tertiary/aromatic N) is 1. The SMILES string of the molecule is CCc1ccccc1NCc1cc(Br)c(OCc2ccc([N+](=O)[O-])cc2)c(OC)c1. The number of methoxy groups -OCH3 is 1. The Kier molecular flexibility index (Phi) is 7.30. The van der Waals surface area contributed by atoms with E-state index in [1.165, 1.54) is 17.7 Å². The van der Waals surface area contributed by atoms with Crippen LogP contribution in [0.25, 0.3) is 0 Å². The molecule has 3 rings (SSSR count). The number of aryl methyl sites for hydroxylation is 1. The summed E-state index contributed by atoms with van der Waals surface area (Å²) in [4.78, 5) is 10.4. The zero-order valence-corrected chi connectivity index (χ0v) is 18.4. The van der Waals surface area contributed by atoms with Crippen molar-refractivity contribution < 1.29 is 14.4 Å². The predicted octanol–water partition coefficient (Wildman–Crippen LogP) is 6.12. The minimum atomic E-state index is -0.421. The molecule has 0 radical (unpaired) electrons. The van der Waals surface area contributed by atoms with Gasteiger partial charge in [0.1, 0.15) is 6.61 Å². The van der Waals surface area contributed by atoms with Crippen molar-refractivity contribution >= 4 is 27.3 Å². The van der Waals surface area contributed by atoms with E-state index in [4.69, 9.17) is 9.47 Å². The molecule has 0 saturated heterocycles. The maximum absolute atomic E-state index is 10.8. The van der Waals surface area contributed by atoms with Crippen LogP contribution in [0, 0.1) is 10.1 Å². The highest BCUT2D eigenvalue weighted by molar-refractivity contribution is 9.10. The Labute approximate surface area is 184 Å². The van der Waals surface area contributed by atoms with Crippen LogP contribution in [0.3, 0.4) is 0 Å². The molecule has 0 bridgehead atoms. The molecule has 30 heavy (non-hydrogen) atoms. The quantitative estimate of drug-likeness (QED) is 0.301. The van der Waals surface area contributed by atoms with E-state index in [1.807, 2.05) is 24.3 Å². The Hall–Kier alpha value is -3.06. The molecule has 6 nitrogen and oxygen atoms in total. The van der Waals surface area contributed by atoms with Gasteiger partial charge in [-0.05, 0) is 69.4 Å². The number of hydrogen-bond acceptors (Lipinski definition) is 5. The number of rotatable bonds is 9. The first-order valence-electron chi connectivity index (χ1n) is 9.56. The Morgan fingerprint density at radius 2 is 1.80 bits per heavy atom. The monoisotopic (exact) mass is 470 g/mol. The largest absolute Gasteiger partial charge is 0.493 e. The standard InChI is InChI=1S/C23H23BrN2O4/c1-3-18-6-4-5-7-21(18)25-14-17-12-20(24)23(22(13-17)29-2)30-15-16-8-10-19(11-9-16)26(27)28/h4-13,25H,3,14-15H2,1-2H3. The van der Waals surface area contributed by atoms with Crippen molar-refractivity contribution in [2.45, 2.75) is 26.5 Å². The molecule has 3 aromatic carbocycles. The fraction of sp³-hybridized carbons (Fsp3) is 0.217. The average molecular weight is 471 g/mol. The first kappa shape index (κ1) is 21.6. The molecule has 0 aliphatic heterocycles. The average Bonchev–Trinajstić information content (AvgIpc) is 2.77. The van der Waals surface area contributed by atoms with E-state index in [9.17, 15) is 10.1 Å². The summed E-state index contributed by atoms with van der Waals surface area (Å²) in [5, 5.41) is 14.3. The van der Waals surface area contributed by atoms with Crippen molar-refractivity contribution in [2.75, 3.05) is 12.4 Å². The van der Waals surface area contributed by atoms with E-state index < -0.39 is 4.92 Å². The highest BCUT2D eigenvalue weighted by atomic mass is 79.9. The number of nitro groups is 1. The summed E-state index contributed by atoms with van der Waals surface area (Å²) in [5.74, 6) is 1.21. The summed E-state index contributed by atoms with van der Waals surface area (Å²) in [6, 6.07) is 18.5. The number of nitro benzene ring substituents is 1. The number of ether oxygens (including phenoxy) is 2. The molecular formula is C23H23BrN2O4. The van der Waals surface area contributed by atoms with Gasteiger partial charge < -0.3 is 14.8 Å². The van der Waals surface area contributed by atoms with Gasteiger partial charge in [0.15, 0.2) is 11.5 Å². The van der Waals surface area contributed by atoms with Crippen molar-refractivity contribution in [1.82, 2.24) is 0 Å². The first-order valence-corrected chi connectivity index (χ1v) is 10.4. The molecule has 7 heteroatoms. The van der Waals surface area contributed by atoms with Gasteiger partial charge in [0.05, 0.1) is 16.5 Å². The van der Waals surface area contributed by atoms with Crippen LogP contribution in [0.2, 0.25) is 0 Å². The minimum Gasteiger partial charge on any atom is -0.493 e. The molecule has 156 valence electrons. The third-order valence-electron chi connectivity index (χ3n) is 4.70. The van der Waals surface area contributed by atoms with Gasteiger partial charge >= 0.3 is 0 Å². The molecule has 3 aromatic rings. The van der Waals surface area contributed by atoms with Crippen LogP contribution in [0.1, 0.15) is 23.6 Å². The van der Waals surface area contributed by atoms with Crippen molar-refractivity contribution in [3.8, 4) is 11.5 Å². The molecule has 0 aliphatic carbocycles. The summed E-state index contributed by atoms with van der Waals surface area (Å²) >= 11 is 3.58. The molecule has 0 amide bonds. The summed E-state index contributed by atoms with van der Waals surface area (Å²) in [6.07, 6.45) is 0.964. The summed E-state index contributed by atoms with van der Waals surface area (Å²) < 4.78 is 12.2. The number of nitrogens with one attached hydrogen (secondary N) is 1. The smallest absolute Gasteiger partial charge is 0.269 e. The van der Waals surface area contributed by atoms with Crippen LogP contribution in [0.4, 0.5) is 11.4 Å². The van der Waals surface area contributed by atoms with Gasteiger partial charge in [-0.2, -0.15) is 0 Å². The van der Waals surface area contributed by atoms with Crippen molar-refractivity contribution in [2.24, 2.45) is 0 Å². The van der Waals surface area contributed by atoms with E-state index in [0.29, 0.717) is 18.0 Å². The Bertz CT molecular complexity index is 1020. The predicted molar refractivity (Wildman–Crippen MR) is 121 cm³/mol. The lowest BCUT2D eigenvalue weighted by Gasteiger charge is -2.16. The number of benzene rings is 3. The molecule has 0 saturated carbocycles. The zero-order valence-electron chi connectivity index (χ0n) is 16.9. The van der Waals surface area contributed by atoms with Crippen LogP contribution >= 0.6 is 15.9 Å². The number of para-hydroxylation sites is 1. The lowest BCUT2D eigenvalue weighted by molar-refractivity contribution is -0.384. The van der Waals surface area contributed by atoms with Crippen LogP contribution in [0.5, 0.6) is 11.5 Å². The minimum absolute atomic E-state index is 0.0546. The second-order valence-corrected chi connectivity index (χ2v) is 7.54. The fourth-order valence-electron chi connectivity index (χ4n) is 3.08. The second-order valence-electron chi connectivity index (χ2n) is 6.69.